The molecule has 0 aliphatic rings. The number of nitrogens with one attached hydrogen (secondary N) is 2. The minimum absolute atomic E-state index is 0.219. The van der Waals surface area contributed by atoms with Crippen LogP contribution in [0.5, 0.6) is 0 Å². The summed E-state index contributed by atoms with van der Waals surface area (Å²) in [4.78, 5) is 22.6. The van der Waals surface area contributed by atoms with Crippen LogP contribution in [0.1, 0.15) is 10.5 Å². The first-order valence-electron chi connectivity index (χ1n) is 5.33. The van der Waals surface area contributed by atoms with Gasteiger partial charge in [-0.15, -0.1) is 0 Å². The maximum absolute atomic E-state index is 11.7. The molecule has 0 saturated carbocycles. The van der Waals surface area contributed by atoms with Gasteiger partial charge in [-0.05, 0) is 6.07 Å². The molecule has 0 unspecified atom stereocenters. The number of carbonyl (C=O) groups excluding carboxylic acids is 2. The fourth-order valence-corrected chi connectivity index (χ4v) is 1.31. The second kappa shape index (κ2) is 7.00. The van der Waals surface area contributed by atoms with Crippen molar-refractivity contribution in [1.29, 1.82) is 0 Å². The molecule has 0 spiro atoms. The molecule has 0 fully saturated rings. The summed E-state index contributed by atoms with van der Waals surface area (Å²) in [6.45, 7) is 0.547. The normalized spacial score (nSPS) is 10.3. The topological polar surface area (TPSA) is 94.7 Å². The van der Waals surface area contributed by atoms with Crippen LogP contribution in [0.4, 0.5) is 0 Å². The molecule has 18 heavy (non-hydrogen) atoms. The van der Waals surface area contributed by atoms with Crippen LogP contribution >= 0.6 is 0 Å². The van der Waals surface area contributed by atoms with Gasteiger partial charge in [-0.25, -0.2) is 0 Å². The zero-order valence-electron chi connectivity index (χ0n) is 9.96. The van der Waals surface area contributed by atoms with E-state index in [1.54, 1.807) is 29.9 Å². The highest BCUT2D eigenvalue weighted by Crippen LogP contribution is 1.89. The molecule has 1 rings (SSSR count). The number of carbonyl (C=O) groups is 2. The molecular weight excluding hydrogens is 236 g/mol. The molecule has 7 nitrogen and oxygen atoms in total. The monoisotopic (exact) mass is 251 g/mol. The van der Waals surface area contributed by atoms with Gasteiger partial charge in [-0.3, -0.25) is 9.59 Å². The molecule has 1 aromatic heterocycles. The van der Waals surface area contributed by atoms with Crippen LogP contribution in [0.2, 0.25) is 0 Å². The molecular formula is C11H15N4O3+. The predicted octanol–water partition coefficient (Wildman–Crippen LogP) is -1.18. The van der Waals surface area contributed by atoms with Crippen molar-refractivity contribution < 1.29 is 19.4 Å². The lowest BCUT2D eigenvalue weighted by molar-refractivity contribution is -0.673. The predicted molar refractivity (Wildman–Crippen MR) is 63.2 cm³/mol. The highest BCUT2D eigenvalue weighted by Gasteiger charge is 2.14. The maximum atomic E-state index is 11.7. The Balaban J connectivity index is 2.34. The van der Waals surface area contributed by atoms with Crippen LogP contribution < -0.4 is 15.2 Å². The molecule has 1 heterocycles. The number of nitrogens with zero attached hydrogens (tertiary/aromatic N) is 2. The van der Waals surface area contributed by atoms with Gasteiger partial charge in [0.2, 0.25) is 0 Å². The Labute approximate surface area is 104 Å². The lowest BCUT2D eigenvalue weighted by Crippen LogP contribution is -2.42. The number of hydrogen-bond acceptors (Lipinski definition) is 4. The third-order valence-corrected chi connectivity index (χ3v) is 2.17. The first kappa shape index (κ1) is 13.6. The van der Waals surface area contributed by atoms with Gasteiger partial charge >= 0.3 is 5.91 Å². The van der Waals surface area contributed by atoms with E-state index in [1.165, 1.54) is 0 Å². The van der Waals surface area contributed by atoms with E-state index in [4.69, 9.17) is 5.21 Å². The van der Waals surface area contributed by atoms with Crippen LogP contribution in [-0.2, 0) is 11.8 Å². The Morgan fingerprint density at radius 3 is 2.78 bits per heavy atom. The van der Waals surface area contributed by atoms with Crippen molar-refractivity contribution in [3.8, 4) is 0 Å². The standard InChI is InChI=1S/C11H14N4O3/c1-15-7-3-2-4-9(15)11(17)13-6-5-12-10(16)8-14-18/h2-4,7-8H,5-6H2,1H3,(H2-,12,13,16,17,18)/p+1. The molecule has 96 valence electrons. The lowest BCUT2D eigenvalue weighted by atomic mass is 10.3. The van der Waals surface area contributed by atoms with Gasteiger partial charge in [0.15, 0.2) is 6.20 Å². The highest BCUT2D eigenvalue weighted by molar-refractivity contribution is 6.25. The van der Waals surface area contributed by atoms with Crippen molar-refractivity contribution in [3.05, 3.63) is 30.1 Å². The van der Waals surface area contributed by atoms with Gasteiger partial charge in [-0.1, -0.05) is 5.16 Å². The second-order valence-electron chi connectivity index (χ2n) is 3.49. The molecule has 1 aromatic rings. The van der Waals surface area contributed by atoms with Crippen molar-refractivity contribution >= 4 is 18.0 Å². The first-order valence-corrected chi connectivity index (χ1v) is 5.33. The summed E-state index contributed by atoms with van der Waals surface area (Å²) in [5, 5.41) is 15.8. The quantitative estimate of drug-likeness (QED) is 0.202. The summed E-state index contributed by atoms with van der Waals surface area (Å²) >= 11 is 0. The Kier molecular flexibility index (Phi) is 5.30. The molecule has 0 bridgehead atoms. The lowest BCUT2D eigenvalue weighted by Gasteiger charge is -2.04. The Morgan fingerprint density at radius 2 is 2.11 bits per heavy atom. The number of pyridine rings is 1. The second-order valence-corrected chi connectivity index (χ2v) is 3.49. The van der Waals surface area contributed by atoms with Crippen LogP contribution in [0.25, 0.3) is 0 Å². The van der Waals surface area contributed by atoms with Crippen molar-refractivity contribution in [2.75, 3.05) is 13.1 Å². The summed E-state index contributed by atoms with van der Waals surface area (Å²) in [6, 6.07) is 5.30. The number of aryl methyl sites for hydroxylation is 1. The zero-order chi connectivity index (χ0) is 13.4. The summed E-state index contributed by atoms with van der Waals surface area (Å²) in [7, 11) is 1.77. The molecule has 0 radical (unpaired) electrons. The molecule has 3 N–H and O–H groups in total. The van der Waals surface area contributed by atoms with E-state index in [2.05, 4.69) is 15.8 Å². The molecule has 0 aliphatic carbocycles. The number of hydrogen-bond donors (Lipinski definition) is 3. The van der Waals surface area contributed by atoms with Crippen LogP contribution in [0.3, 0.4) is 0 Å². The molecule has 7 heteroatoms. The molecule has 2 amide bonds. The number of amides is 2. The SMILES string of the molecule is C[n+]1ccccc1C(=O)NCCNC(=O)/C=N\O. The van der Waals surface area contributed by atoms with Crippen molar-refractivity contribution in [3.63, 3.8) is 0 Å². The summed E-state index contributed by atoms with van der Waals surface area (Å²) < 4.78 is 1.70. The van der Waals surface area contributed by atoms with Crippen LogP contribution in [-0.4, -0.2) is 36.3 Å². The van der Waals surface area contributed by atoms with E-state index >= 15 is 0 Å². The minimum Gasteiger partial charge on any atom is -0.411 e. The van der Waals surface area contributed by atoms with Crippen LogP contribution in [0.15, 0.2) is 29.6 Å². The molecule has 0 aromatic carbocycles. The van der Waals surface area contributed by atoms with E-state index in [0.29, 0.717) is 12.2 Å². The summed E-state index contributed by atoms with van der Waals surface area (Å²) in [5.41, 5.74) is 0.528. The molecule has 0 atom stereocenters. The smallest absolute Gasteiger partial charge is 0.316 e. The highest BCUT2D eigenvalue weighted by atomic mass is 16.4. The summed E-state index contributed by atoms with van der Waals surface area (Å²) in [6.07, 6.45) is 2.52. The average molecular weight is 251 g/mol. The number of oxime groups is 1. The fourth-order valence-electron chi connectivity index (χ4n) is 1.31. The van der Waals surface area contributed by atoms with Crippen molar-refractivity contribution in [1.82, 2.24) is 10.6 Å². The van der Waals surface area contributed by atoms with Gasteiger partial charge in [-0.2, -0.15) is 4.57 Å². The summed E-state index contributed by atoms with van der Waals surface area (Å²) in [5.74, 6) is -0.736. The van der Waals surface area contributed by atoms with Gasteiger partial charge in [0.05, 0.1) is 0 Å². The van der Waals surface area contributed by atoms with Gasteiger partial charge in [0.25, 0.3) is 11.6 Å². The van der Waals surface area contributed by atoms with Gasteiger partial charge in [0.1, 0.15) is 13.3 Å². The zero-order valence-corrected chi connectivity index (χ0v) is 9.96. The maximum Gasteiger partial charge on any atom is 0.316 e. The third-order valence-electron chi connectivity index (χ3n) is 2.17. The first-order chi connectivity index (χ1) is 8.65. The molecule has 0 saturated heterocycles. The number of rotatable bonds is 5. The Bertz CT molecular complexity index is 459. The van der Waals surface area contributed by atoms with Gasteiger partial charge < -0.3 is 15.8 Å². The largest absolute Gasteiger partial charge is 0.411 e. The van der Waals surface area contributed by atoms with E-state index in [1.807, 2.05) is 6.07 Å². The van der Waals surface area contributed by atoms with E-state index in [9.17, 15) is 9.59 Å². The number of aromatic nitrogens is 1. The van der Waals surface area contributed by atoms with Crippen LogP contribution in [0, 0.1) is 0 Å². The fraction of sp³-hybridized carbons (Fsp3) is 0.273. The minimum atomic E-state index is -0.517. The van der Waals surface area contributed by atoms with Crippen molar-refractivity contribution in [2.24, 2.45) is 12.2 Å². The third kappa shape index (κ3) is 4.20. The van der Waals surface area contributed by atoms with E-state index in [-0.39, 0.29) is 12.5 Å². The van der Waals surface area contributed by atoms with Gasteiger partial charge in [0, 0.05) is 25.2 Å². The molecule has 0 aliphatic heterocycles. The van der Waals surface area contributed by atoms with E-state index < -0.39 is 5.91 Å². The Morgan fingerprint density at radius 1 is 1.39 bits per heavy atom. The van der Waals surface area contributed by atoms with E-state index in [0.717, 1.165) is 6.21 Å². The Hall–Kier alpha value is -2.44. The average Bonchev–Trinajstić information content (AvgIpc) is 2.35. The van der Waals surface area contributed by atoms with Crippen molar-refractivity contribution in [2.45, 2.75) is 0 Å².